The van der Waals surface area contributed by atoms with Crippen LogP contribution in [0, 0.1) is 6.92 Å². The van der Waals surface area contributed by atoms with E-state index in [1.54, 1.807) is 17.9 Å². The van der Waals surface area contributed by atoms with Crippen molar-refractivity contribution in [3.8, 4) is 5.69 Å². The molecule has 0 radical (unpaired) electrons. The molecule has 0 bridgehead atoms. The van der Waals surface area contributed by atoms with Gasteiger partial charge >= 0.3 is 0 Å². The first-order valence-electron chi connectivity index (χ1n) is 11.8. The maximum atomic E-state index is 14.0. The highest BCUT2D eigenvalue weighted by Gasteiger charge is 2.23. The molecule has 174 valence electrons. The van der Waals surface area contributed by atoms with Crippen LogP contribution in [0.4, 0.5) is 22.7 Å². The van der Waals surface area contributed by atoms with Gasteiger partial charge in [0.2, 0.25) is 0 Å². The molecule has 0 saturated heterocycles. The van der Waals surface area contributed by atoms with E-state index in [-0.39, 0.29) is 11.9 Å². The van der Waals surface area contributed by atoms with Gasteiger partial charge in [0.05, 0.1) is 23.7 Å². The molecule has 0 unspecified atom stereocenters. The predicted molar refractivity (Wildman–Crippen MR) is 137 cm³/mol. The number of benzene rings is 2. The second-order valence-corrected chi connectivity index (χ2v) is 8.40. The second-order valence-electron chi connectivity index (χ2n) is 8.40. The van der Waals surface area contributed by atoms with E-state index in [1.807, 2.05) is 49.5 Å². The van der Waals surface area contributed by atoms with Crippen LogP contribution >= 0.6 is 0 Å². The van der Waals surface area contributed by atoms with E-state index in [9.17, 15) is 4.79 Å². The molecule has 0 fully saturated rings. The van der Waals surface area contributed by atoms with Crippen LogP contribution in [0.2, 0.25) is 0 Å². The first-order chi connectivity index (χ1) is 17.0. The smallest absolute Gasteiger partial charge is 0.280 e. The van der Waals surface area contributed by atoms with Gasteiger partial charge in [-0.15, -0.1) is 0 Å². The molecule has 34 heavy (non-hydrogen) atoms. The number of hydrogen-bond donors (Lipinski definition) is 1. The van der Waals surface area contributed by atoms with Crippen molar-refractivity contribution in [2.75, 3.05) is 55.5 Å². The minimum absolute atomic E-state index is 0.127. The van der Waals surface area contributed by atoms with Gasteiger partial charge in [-0.1, -0.05) is 12.1 Å². The van der Waals surface area contributed by atoms with Gasteiger partial charge in [-0.05, 0) is 48.9 Å². The predicted octanol–water partition coefficient (Wildman–Crippen LogP) is 3.74. The molecule has 1 aliphatic rings. The van der Waals surface area contributed by atoms with Gasteiger partial charge in [0.15, 0.2) is 5.65 Å². The third-order valence-corrected chi connectivity index (χ3v) is 6.25. The summed E-state index contributed by atoms with van der Waals surface area (Å²) in [5.41, 5.74) is 5.60. The Kier molecular flexibility index (Phi) is 5.56. The SMILES string of the molecule is [2H]c1ncc2cc(N3CCNc4c(C)cccc43)c(=O)n(-c3ccc(N(C)CCOC)cc3)c2n1. The summed E-state index contributed by atoms with van der Waals surface area (Å²) >= 11 is 0. The monoisotopic (exact) mass is 457 g/mol. The lowest BCUT2D eigenvalue weighted by Crippen LogP contribution is -2.35. The zero-order chi connectivity index (χ0) is 24.5. The zero-order valence-corrected chi connectivity index (χ0v) is 19.6. The molecule has 3 heterocycles. The first-order valence-corrected chi connectivity index (χ1v) is 11.3. The van der Waals surface area contributed by atoms with E-state index in [4.69, 9.17) is 6.11 Å². The Balaban J connectivity index is 1.67. The van der Waals surface area contributed by atoms with Gasteiger partial charge in [0, 0.05) is 51.1 Å². The summed E-state index contributed by atoms with van der Waals surface area (Å²) in [5, 5.41) is 4.16. The molecule has 0 atom stereocenters. The van der Waals surface area contributed by atoms with E-state index in [0.29, 0.717) is 35.6 Å². The minimum atomic E-state index is -0.189. The van der Waals surface area contributed by atoms with E-state index in [2.05, 4.69) is 38.1 Å². The largest absolute Gasteiger partial charge is 0.383 e. The molecule has 0 amide bonds. The van der Waals surface area contributed by atoms with Crippen LogP contribution < -0.4 is 20.7 Å². The minimum Gasteiger partial charge on any atom is -0.383 e. The highest BCUT2D eigenvalue weighted by molar-refractivity contribution is 5.85. The van der Waals surface area contributed by atoms with Gasteiger partial charge < -0.3 is 19.9 Å². The lowest BCUT2D eigenvalue weighted by molar-refractivity contribution is 0.206. The Bertz CT molecular complexity index is 1440. The summed E-state index contributed by atoms with van der Waals surface area (Å²) in [5.74, 6) is 0. The summed E-state index contributed by atoms with van der Waals surface area (Å²) < 4.78 is 14.7. The normalized spacial score (nSPS) is 13.4. The number of methoxy groups -OCH3 is 1. The van der Waals surface area contributed by atoms with Crippen LogP contribution in [0.15, 0.2) is 65.8 Å². The van der Waals surface area contributed by atoms with Gasteiger partial charge in [-0.2, -0.15) is 0 Å². The maximum Gasteiger partial charge on any atom is 0.280 e. The number of aromatic nitrogens is 3. The van der Waals surface area contributed by atoms with Crippen LogP contribution in [-0.2, 0) is 4.74 Å². The van der Waals surface area contributed by atoms with E-state index in [1.165, 1.54) is 0 Å². The number of anilines is 4. The summed E-state index contributed by atoms with van der Waals surface area (Å²) in [6, 6.07) is 15.7. The molecule has 8 heteroatoms. The number of nitrogens with zero attached hydrogens (tertiary/aromatic N) is 5. The van der Waals surface area contributed by atoms with Crippen LogP contribution in [0.1, 0.15) is 6.93 Å². The second kappa shape index (κ2) is 9.15. The molecule has 0 spiro atoms. The van der Waals surface area contributed by atoms with Crippen molar-refractivity contribution in [2.45, 2.75) is 6.92 Å². The van der Waals surface area contributed by atoms with Crippen molar-refractivity contribution in [3.05, 3.63) is 76.9 Å². The number of likely N-dealkylation sites (N-methyl/N-ethyl adjacent to an activating group) is 1. The lowest BCUT2D eigenvalue weighted by Gasteiger charge is -2.33. The van der Waals surface area contributed by atoms with Crippen LogP contribution in [0.5, 0.6) is 0 Å². The molecule has 0 aliphatic carbocycles. The molecular formula is C26H28N6O2. The molecule has 8 nitrogen and oxygen atoms in total. The average molecular weight is 458 g/mol. The van der Waals surface area contributed by atoms with E-state index in [0.717, 1.165) is 35.7 Å². The molecule has 4 aromatic rings. The fourth-order valence-electron chi connectivity index (χ4n) is 4.41. The molecule has 0 saturated carbocycles. The van der Waals surface area contributed by atoms with Gasteiger partial charge in [-0.25, -0.2) is 9.97 Å². The fourth-order valence-corrected chi connectivity index (χ4v) is 4.41. The van der Waals surface area contributed by atoms with E-state index >= 15 is 0 Å². The van der Waals surface area contributed by atoms with Crippen molar-refractivity contribution in [2.24, 2.45) is 0 Å². The quantitative estimate of drug-likeness (QED) is 0.473. The fraction of sp³-hybridized carbons (Fsp3) is 0.269. The zero-order valence-electron chi connectivity index (χ0n) is 20.6. The molecule has 1 aliphatic heterocycles. The average Bonchev–Trinajstić information content (AvgIpc) is 2.87. The van der Waals surface area contributed by atoms with Crippen molar-refractivity contribution in [3.63, 3.8) is 0 Å². The summed E-state index contributed by atoms with van der Waals surface area (Å²) in [6.07, 6.45) is 1.48. The van der Waals surface area contributed by atoms with Crippen LogP contribution in [0.25, 0.3) is 16.7 Å². The lowest BCUT2D eigenvalue weighted by atomic mass is 10.1. The third kappa shape index (κ3) is 3.86. The first kappa shape index (κ1) is 20.7. The number of nitrogens with one attached hydrogen (secondary N) is 1. The molecular weight excluding hydrogens is 428 g/mol. The number of para-hydroxylation sites is 1. The third-order valence-electron chi connectivity index (χ3n) is 6.25. The Hall–Kier alpha value is -3.91. The maximum absolute atomic E-state index is 14.0. The number of aryl methyl sites for hydroxylation is 1. The number of ether oxygens (including phenoxy) is 1. The summed E-state index contributed by atoms with van der Waals surface area (Å²) in [7, 11) is 3.68. The Morgan fingerprint density at radius 2 is 2.03 bits per heavy atom. The molecule has 2 aromatic carbocycles. The van der Waals surface area contributed by atoms with Crippen LogP contribution in [-0.4, -0.2) is 54.9 Å². The Labute approximate surface area is 199 Å². The highest BCUT2D eigenvalue weighted by Crippen LogP contribution is 2.36. The Morgan fingerprint density at radius 1 is 1.21 bits per heavy atom. The number of rotatable bonds is 6. The number of fused-ring (bicyclic) bond motifs is 2. The van der Waals surface area contributed by atoms with Crippen LogP contribution in [0.3, 0.4) is 0 Å². The standard InChI is InChI=1S/C26H28N6O2/c1-18-5-4-6-22-24(18)28-11-12-31(22)23-15-19-16-27-17-29-25(19)32(26(23)33)21-9-7-20(8-10-21)30(2)13-14-34-3/h4-10,15-17,28H,11-14H2,1-3H3/i17D. The number of pyridine rings is 1. The van der Waals surface area contributed by atoms with Crippen molar-refractivity contribution < 1.29 is 6.11 Å². The van der Waals surface area contributed by atoms with Gasteiger partial charge in [0.1, 0.15) is 13.4 Å². The van der Waals surface area contributed by atoms with Crippen molar-refractivity contribution in [1.82, 2.24) is 14.5 Å². The highest BCUT2D eigenvalue weighted by atomic mass is 16.5. The molecule has 2 aromatic heterocycles. The summed E-state index contributed by atoms with van der Waals surface area (Å²) in [4.78, 5) is 26.5. The van der Waals surface area contributed by atoms with Crippen molar-refractivity contribution >= 4 is 33.8 Å². The topological polar surface area (TPSA) is 75.5 Å². The molecule has 5 rings (SSSR count). The summed E-state index contributed by atoms with van der Waals surface area (Å²) in [6.45, 7) is 4.81. The van der Waals surface area contributed by atoms with Crippen molar-refractivity contribution in [1.29, 1.82) is 0 Å². The van der Waals surface area contributed by atoms with Gasteiger partial charge in [0.25, 0.3) is 5.56 Å². The Morgan fingerprint density at radius 3 is 2.82 bits per heavy atom. The number of hydrogen-bond acceptors (Lipinski definition) is 7. The van der Waals surface area contributed by atoms with Gasteiger partial charge in [-0.3, -0.25) is 9.36 Å². The molecule has 1 N–H and O–H groups in total. The van der Waals surface area contributed by atoms with E-state index < -0.39 is 0 Å².